The van der Waals surface area contributed by atoms with Crippen molar-refractivity contribution >= 4 is 23.0 Å². The van der Waals surface area contributed by atoms with Crippen LogP contribution in [0.2, 0.25) is 0 Å². The van der Waals surface area contributed by atoms with E-state index < -0.39 is 0 Å². The smallest absolute Gasteiger partial charge is 0.174 e. The maximum absolute atomic E-state index is 6.07. The highest BCUT2D eigenvalue weighted by Crippen LogP contribution is 2.46. The lowest BCUT2D eigenvalue weighted by Crippen LogP contribution is -2.29. The first-order chi connectivity index (χ1) is 17.5. The van der Waals surface area contributed by atoms with Gasteiger partial charge in [-0.3, -0.25) is 4.98 Å². The highest BCUT2D eigenvalue weighted by atomic mass is 32.1. The van der Waals surface area contributed by atoms with Crippen LogP contribution in [0.15, 0.2) is 79.0 Å². The normalized spacial score (nSPS) is 19.4. The Morgan fingerprint density at radius 3 is 2.25 bits per heavy atom. The summed E-state index contributed by atoms with van der Waals surface area (Å²) in [5.74, 6) is 1.62. The minimum absolute atomic E-state index is 0.00466. The monoisotopic (exact) mass is 494 g/mol. The van der Waals surface area contributed by atoms with Gasteiger partial charge in [-0.2, -0.15) is 0 Å². The first-order valence-corrected chi connectivity index (χ1v) is 12.9. The number of benzene rings is 2. The van der Waals surface area contributed by atoms with Gasteiger partial charge in [0.25, 0.3) is 0 Å². The van der Waals surface area contributed by atoms with E-state index in [1.165, 1.54) is 35.4 Å². The fraction of sp³-hybridized carbons (Fsp3) is 0.267. The Morgan fingerprint density at radius 1 is 0.917 bits per heavy atom. The van der Waals surface area contributed by atoms with Gasteiger partial charge in [-0.15, -0.1) is 0 Å². The Bertz CT molecular complexity index is 1390. The largest absolute Gasteiger partial charge is 0.457 e. The average molecular weight is 495 g/mol. The van der Waals surface area contributed by atoms with Crippen LogP contribution in [-0.2, 0) is 0 Å². The Labute approximate surface area is 217 Å². The van der Waals surface area contributed by atoms with E-state index in [1.807, 2.05) is 42.6 Å². The lowest BCUT2D eigenvalue weighted by molar-refractivity contribution is 0.482. The SMILES string of the molecule is Cc1ccc(Oc2ccc(N3C(=S)N[C@@H](c4ccccn4)[C@H]3c3cc(C)n(C4CC4)c3C)cc2)cc1. The van der Waals surface area contributed by atoms with Crippen molar-refractivity contribution in [1.82, 2.24) is 14.9 Å². The van der Waals surface area contributed by atoms with Gasteiger partial charge in [0.05, 0.1) is 17.8 Å². The number of aromatic nitrogens is 2. The number of anilines is 1. The Kier molecular flexibility index (Phi) is 5.76. The third-order valence-corrected chi connectivity index (χ3v) is 7.54. The van der Waals surface area contributed by atoms with Gasteiger partial charge in [0.2, 0.25) is 0 Å². The van der Waals surface area contributed by atoms with Gasteiger partial charge < -0.3 is 19.5 Å². The lowest BCUT2D eigenvalue weighted by atomic mass is 9.96. The highest BCUT2D eigenvalue weighted by molar-refractivity contribution is 7.80. The number of ether oxygens (including phenoxy) is 1. The topological polar surface area (TPSA) is 42.3 Å². The molecule has 2 aliphatic rings. The fourth-order valence-corrected chi connectivity index (χ4v) is 5.71. The van der Waals surface area contributed by atoms with Crippen LogP contribution in [0.1, 0.15) is 59.2 Å². The minimum atomic E-state index is -0.0460. The number of aryl methyl sites for hydroxylation is 2. The van der Waals surface area contributed by atoms with E-state index in [9.17, 15) is 0 Å². The zero-order valence-electron chi connectivity index (χ0n) is 20.8. The van der Waals surface area contributed by atoms with Crippen molar-refractivity contribution < 1.29 is 4.74 Å². The standard InChI is InChI=1S/C30H30N4OS/c1-19-7-13-24(14-8-19)35-25-15-11-23(12-16-25)34-29(26-18-20(2)33(21(26)3)22-9-10-22)28(32-30(34)36)27-6-4-5-17-31-27/h4-8,11-18,22,28-29H,9-10H2,1-3H3,(H,32,36)/t28-,29+/m0/s1. The number of nitrogens with one attached hydrogen (secondary N) is 1. The zero-order valence-corrected chi connectivity index (χ0v) is 21.6. The predicted molar refractivity (Wildman–Crippen MR) is 148 cm³/mol. The summed E-state index contributed by atoms with van der Waals surface area (Å²) in [5.41, 5.74) is 7.15. The van der Waals surface area contributed by atoms with E-state index in [0.29, 0.717) is 11.2 Å². The quantitative estimate of drug-likeness (QED) is 0.289. The number of thiocarbonyl (C=S) groups is 1. The van der Waals surface area contributed by atoms with Gasteiger partial charge >= 0.3 is 0 Å². The molecule has 2 aromatic heterocycles. The molecule has 0 amide bonds. The number of hydrogen-bond donors (Lipinski definition) is 1. The van der Waals surface area contributed by atoms with Gasteiger partial charge in [-0.1, -0.05) is 23.8 Å². The molecule has 1 N–H and O–H groups in total. The van der Waals surface area contributed by atoms with Crippen LogP contribution in [0.4, 0.5) is 5.69 Å². The lowest BCUT2D eigenvalue weighted by Gasteiger charge is -2.28. The van der Waals surface area contributed by atoms with Crippen LogP contribution >= 0.6 is 12.2 Å². The van der Waals surface area contributed by atoms with Gasteiger partial charge in [0, 0.05) is 29.3 Å². The molecule has 3 heterocycles. The molecule has 1 aliphatic carbocycles. The molecule has 0 spiro atoms. The van der Waals surface area contributed by atoms with Gasteiger partial charge in [0.1, 0.15) is 11.5 Å². The number of pyridine rings is 1. The maximum Gasteiger partial charge on any atom is 0.174 e. The Balaban J connectivity index is 1.37. The van der Waals surface area contributed by atoms with E-state index in [2.05, 4.69) is 72.0 Å². The second-order valence-electron chi connectivity index (χ2n) is 9.83. The summed E-state index contributed by atoms with van der Waals surface area (Å²) < 4.78 is 8.57. The summed E-state index contributed by atoms with van der Waals surface area (Å²) in [6.07, 6.45) is 4.37. The molecule has 2 fully saturated rings. The second-order valence-corrected chi connectivity index (χ2v) is 10.2. The molecule has 182 valence electrons. The van der Waals surface area contributed by atoms with E-state index >= 15 is 0 Å². The van der Waals surface area contributed by atoms with Crippen LogP contribution in [0.3, 0.4) is 0 Å². The van der Waals surface area contributed by atoms with Crippen molar-refractivity contribution in [3.63, 3.8) is 0 Å². The molecule has 36 heavy (non-hydrogen) atoms. The van der Waals surface area contributed by atoms with Gasteiger partial charge in [0.15, 0.2) is 5.11 Å². The van der Waals surface area contributed by atoms with E-state index in [0.717, 1.165) is 22.9 Å². The van der Waals surface area contributed by atoms with Crippen LogP contribution in [0.25, 0.3) is 0 Å². The molecule has 1 aliphatic heterocycles. The summed E-state index contributed by atoms with van der Waals surface area (Å²) in [6.45, 7) is 6.53. The summed E-state index contributed by atoms with van der Waals surface area (Å²) >= 11 is 5.92. The molecular formula is C30H30N4OS. The molecule has 6 rings (SSSR count). The molecule has 0 bridgehead atoms. The van der Waals surface area contributed by atoms with Gasteiger partial charge in [-0.25, -0.2) is 0 Å². The van der Waals surface area contributed by atoms with Crippen molar-refractivity contribution in [2.24, 2.45) is 0 Å². The third kappa shape index (κ3) is 4.16. The molecule has 5 nitrogen and oxygen atoms in total. The molecule has 0 unspecified atom stereocenters. The first-order valence-electron chi connectivity index (χ1n) is 12.5. The van der Waals surface area contributed by atoms with Crippen molar-refractivity contribution in [1.29, 1.82) is 0 Å². The number of nitrogens with zero attached hydrogens (tertiary/aromatic N) is 3. The van der Waals surface area contributed by atoms with Crippen LogP contribution in [0.5, 0.6) is 11.5 Å². The highest BCUT2D eigenvalue weighted by Gasteiger charge is 2.43. The molecule has 6 heteroatoms. The summed E-state index contributed by atoms with van der Waals surface area (Å²) in [4.78, 5) is 6.94. The molecule has 4 aromatic rings. The Hall–Kier alpha value is -3.64. The fourth-order valence-electron chi connectivity index (χ4n) is 5.36. The van der Waals surface area contributed by atoms with Crippen LogP contribution < -0.4 is 15.0 Å². The van der Waals surface area contributed by atoms with E-state index in [-0.39, 0.29) is 12.1 Å². The first kappa shape index (κ1) is 22.8. The van der Waals surface area contributed by atoms with Crippen molar-refractivity contribution in [2.75, 3.05) is 4.90 Å². The summed E-state index contributed by atoms with van der Waals surface area (Å²) in [6, 6.07) is 25.3. The number of rotatable bonds is 6. The van der Waals surface area contributed by atoms with E-state index in [4.69, 9.17) is 21.9 Å². The molecule has 2 atom stereocenters. The Morgan fingerprint density at radius 2 is 1.61 bits per heavy atom. The zero-order chi connectivity index (χ0) is 24.8. The number of hydrogen-bond acceptors (Lipinski definition) is 3. The van der Waals surface area contributed by atoms with Crippen molar-refractivity contribution in [3.05, 3.63) is 107 Å². The average Bonchev–Trinajstić information content (AvgIpc) is 3.60. The van der Waals surface area contributed by atoms with Crippen LogP contribution in [0, 0.1) is 20.8 Å². The van der Waals surface area contributed by atoms with Gasteiger partial charge in [-0.05, 0) is 106 Å². The predicted octanol–water partition coefficient (Wildman–Crippen LogP) is 7.11. The van der Waals surface area contributed by atoms with Crippen molar-refractivity contribution in [3.8, 4) is 11.5 Å². The molecule has 1 saturated heterocycles. The molecule has 1 saturated carbocycles. The summed E-state index contributed by atoms with van der Waals surface area (Å²) in [7, 11) is 0. The summed E-state index contributed by atoms with van der Waals surface area (Å²) in [5, 5.41) is 4.29. The minimum Gasteiger partial charge on any atom is -0.457 e. The van der Waals surface area contributed by atoms with Crippen molar-refractivity contribution in [2.45, 2.75) is 51.7 Å². The second kappa shape index (κ2) is 9.10. The molecular weight excluding hydrogens is 464 g/mol. The molecule has 0 radical (unpaired) electrons. The van der Waals surface area contributed by atoms with Crippen LogP contribution in [-0.4, -0.2) is 14.7 Å². The maximum atomic E-state index is 6.07. The molecule has 2 aromatic carbocycles. The third-order valence-electron chi connectivity index (χ3n) is 7.22. The van der Waals surface area contributed by atoms with E-state index in [1.54, 1.807) is 0 Å².